The van der Waals surface area contributed by atoms with Gasteiger partial charge in [0, 0.05) is 0 Å². The van der Waals surface area contributed by atoms with Gasteiger partial charge in [-0.05, 0) is 12.5 Å². The number of phosphoric ester groups is 1. The Morgan fingerprint density at radius 2 is 2.11 bits per heavy atom. The highest BCUT2D eigenvalue weighted by atomic mass is 31.2. The number of esters is 1. The predicted octanol–water partition coefficient (Wildman–Crippen LogP) is 1.35. The first-order valence-electron chi connectivity index (χ1n) is 10.9. The van der Waals surface area contributed by atoms with E-state index in [2.05, 4.69) is 15.0 Å². The number of phosphoric acid groups is 1. The SMILES string of the molecule is COc1nc(N)nc2c1ncn2[C@@H]1O[C@@H]2COP(=O)(OCC(=O)OCc3ccccc3)O[C@H]2[C@@]1(C)O. The third kappa shape index (κ3) is 4.54. The van der Waals surface area contributed by atoms with Gasteiger partial charge in [-0.2, -0.15) is 9.97 Å². The third-order valence-corrected chi connectivity index (χ3v) is 7.19. The maximum absolute atomic E-state index is 13.1. The number of carbonyl (C=O) groups excluding carboxylic acids is 1. The molecule has 5 rings (SSSR count). The lowest BCUT2D eigenvalue weighted by Gasteiger charge is -2.34. The predicted molar refractivity (Wildman–Crippen MR) is 121 cm³/mol. The fourth-order valence-corrected chi connectivity index (χ4v) is 5.49. The quantitative estimate of drug-likeness (QED) is 0.336. The molecule has 0 aliphatic carbocycles. The first-order chi connectivity index (χ1) is 17.2. The van der Waals surface area contributed by atoms with Gasteiger partial charge in [-0.1, -0.05) is 30.3 Å². The van der Waals surface area contributed by atoms with E-state index in [-0.39, 0.29) is 30.7 Å². The number of ether oxygens (including phenoxy) is 3. The first-order valence-corrected chi connectivity index (χ1v) is 12.3. The van der Waals surface area contributed by atoms with Crippen LogP contribution in [0.5, 0.6) is 5.88 Å². The maximum atomic E-state index is 13.1. The molecular formula is C21H24N5O9P. The van der Waals surface area contributed by atoms with Gasteiger partial charge < -0.3 is 25.1 Å². The Morgan fingerprint density at radius 1 is 1.33 bits per heavy atom. The Hall–Kier alpha value is -3.13. The molecule has 0 radical (unpaired) electrons. The molecule has 5 atom stereocenters. The van der Waals surface area contributed by atoms with Crippen molar-refractivity contribution in [3.05, 3.63) is 42.2 Å². The van der Waals surface area contributed by atoms with Crippen molar-refractivity contribution >= 4 is 30.9 Å². The zero-order valence-corrected chi connectivity index (χ0v) is 20.2. The number of rotatable bonds is 7. The topological polar surface area (TPSA) is 179 Å². The molecule has 2 saturated heterocycles. The molecule has 2 aromatic heterocycles. The summed E-state index contributed by atoms with van der Waals surface area (Å²) in [5, 5.41) is 11.4. The summed E-state index contributed by atoms with van der Waals surface area (Å²) in [7, 11) is -2.80. The Morgan fingerprint density at radius 3 is 2.86 bits per heavy atom. The molecule has 2 fully saturated rings. The van der Waals surface area contributed by atoms with Crippen LogP contribution in [0.4, 0.5) is 5.95 Å². The fraction of sp³-hybridized carbons (Fsp3) is 0.429. The van der Waals surface area contributed by atoms with Crippen LogP contribution in [0.25, 0.3) is 11.2 Å². The van der Waals surface area contributed by atoms with Gasteiger partial charge in [0.15, 0.2) is 24.0 Å². The van der Waals surface area contributed by atoms with E-state index in [0.29, 0.717) is 5.52 Å². The van der Waals surface area contributed by atoms with E-state index < -0.39 is 44.4 Å². The fourth-order valence-electron chi connectivity index (χ4n) is 4.07. The van der Waals surface area contributed by atoms with Gasteiger partial charge in [0.25, 0.3) is 0 Å². The first kappa shape index (κ1) is 24.6. The zero-order chi connectivity index (χ0) is 25.5. The number of hydrogen-bond donors (Lipinski definition) is 2. The number of aromatic nitrogens is 4. The molecule has 2 aliphatic heterocycles. The van der Waals surface area contributed by atoms with Crippen LogP contribution < -0.4 is 10.5 Å². The van der Waals surface area contributed by atoms with Gasteiger partial charge in [-0.25, -0.2) is 14.3 Å². The highest BCUT2D eigenvalue weighted by molar-refractivity contribution is 7.48. The number of methoxy groups -OCH3 is 1. The molecule has 0 bridgehead atoms. The summed E-state index contributed by atoms with van der Waals surface area (Å²) in [6, 6.07) is 9.05. The number of aliphatic hydroxyl groups is 1. The minimum absolute atomic E-state index is 0.0295. The number of benzene rings is 1. The molecule has 3 N–H and O–H groups in total. The van der Waals surface area contributed by atoms with Crippen molar-refractivity contribution < 1.29 is 42.2 Å². The summed E-state index contributed by atoms with van der Waals surface area (Å²) in [6.45, 7) is 0.582. The molecule has 36 heavy (non-hydrogen) atoms. The minimum Gasteiger partial charge on any atom is -0.479 e. The summed E-state index contributed by atoms with van der Waals surface area (Å²) < 4.78 is 46.8. The van der Waals surface area contributed by atoms with Crippen LogP contribution in [0.2, 0.25) is 0 Å². The maximum Gasteiger partial charge on any atom is 0.475 e. The van der Waals surface area contributed by atoms with Gasteiger partial charge in [-0.15, -0.1) is 0 Å². The van der Waals surface area contributed by atoms with Crippen LogP contribution in [-0.4, -0.2) is 68.7 Å². The Bertz CT molecular complexity index is 1320. The molecule has 1 aromatic carbocycles. The smallest absolute Gasteiger partial charge is 0.475 e. The molecule has 15 heteroatoms. The van der Waals surface area contributed by atoms with Crippen LogP contribution >= 0.6 is 7.82 Å². The third-order valence-electron chi connectivity index (χ3n) is 5.79. The van der Waals surface area contributed by atoms with Crippen molar-refractivity contribution in [3.63, 3.8) is 0 Å². The van der Waals surface area contributed by atoms with Crippen molar-refractivity contribution in [3.8, 4) is 5.88 Å². The molecule has 4 heterocycles. The average Bonchev–Trinajstić information content (AvgIpc) is 3.39. The van der Waals surface area contributed by atoms with Crippen LogP contribution in [0.3, 0.4) is 0 Å². The monoisotopic (exact) mass is 521 g/mol. The molecular weight excluding hydrogens is 497 g/mol. The molecule has 0 amide bonds. The molecule has 1 unspecified atom stereocenters. The summed E-state index contributed by atoms with van der Waals surface area (Å²) in [4.78, 5) is 24.5. The van der Waals surface area contributed by atoms with Crippen molar-refractivity contribution in [1.29, 1.82) is 0 Å². The number of carbonyl (C=O) groups is 1. The van der Waals surface area contributed by atoms with E-state index in [1.54, 1.807) is 12.1 Å². The van der Waals surface area contributed by atoms with Crippen LogP contribution in [-0.2, 0) is 39.0 Å². The van der Waals surface area contributed by atoms with Gasteiger partial charge in [0.2, 0.25) is 11.8 Å². The molecule has 14 nitrogen and oxygen atoms in total. The number of hydrogen-bond acceptors (Lipinski definition) is 13. The number of nitrogens with two attached hydrogens (primary N) is 1. The highest BCUT2D eigenvalue weighted by Gasteiger charge is 2.60. The summed E-state index contributed by atoms with van der Waals surface area (Å²) in [6.07, 6.45) is -1.61. The number of fused-ring (bicyclic) bond motifs is 2. The molecule has 0 spiro atoms. The number of imidazole rings is 1. The number of anilines is 1. The standard InChI is InChI=1S/C21H24N5O9P/c1-21(28)16-13(34-19(21)26-11-23-15-17(26)24-20(22)25-18(15)30-2)9-32-36(29,35-16)33-10-14(27)31-8-12-6-4-3-5-7-12/h3-7,11,13,16,19,28H,8-10H2,1-2H3,(H2,22,24,25)/t13-,16-,19-,21-,36?/m1/s1. The van der Waals surface area contributed by atoms with E-state index in [1.165, 1.54) is 24.9 Å². The molecule has 0 saturated carbocycles. The zero-order valence-electron chi connectivity index (χ0n) is 19.3. The summed E-state index contributed by atoms with van der Waals surface area (Å²) >= 11 is 0. The van der Waals surface area contributed by atoms with Gasteiger partial charge in [0.1, 0.15) is 24.4 Å². The second-order valence-corrected chi connectivity index (χ2v) is 9.98. The Balaban J connectivity index is 1.28. The number of nitrogens with zero attached hydrogens (tertiary/aromatic N) is 4. The van der Waals surface area contributed by atoms with E-state index in [0.717, 1.165) is 5.56 Å². The van der Waals surface area contributed by atoms with Crippen LogP contribution in [0, 0.1) is 0 Å². The summed E-state index contributed by atoms with van der Waals surface area (Å²) in [5.41, 5.74) is 5.39. The van der Waals surface area contributed by atoms with Gasteiger partial charge >= 0.3 is 13.8 Å². The van der Waals surface area contributed by atoms with Gasteiger partial charge in [-0.3, -0.25) is 18.1 Å². The highest BCUT2D eigenvalue weighted by Crippen LogP contribution is 2.58. The number of nitrogen functional groups attached to an aromatic ring is 1. The molecule has 3 aromatic rings. The second kappa shape index (κ2) is 9.39. The lowest BCUT2D eigenvalue weighted by atomic mass is 9.96. The van der Waals surface area contributed by atoms with Crippen molar-refractivity contribution in [2.45, 2.75) is 37.6 Å². The van der Waals surface area contributed by atoms with Gasteiger partial charge in [0.05, 0.1) is 20.0 Å². The van der Waals surface area contributed by atoms with Crippen molar-refractivity contribution in [1.82, 2.24) is 19.5 Å². The Labute approximate surface area is 204 Å². The summed E-state index contributed by atoms with van der Waals surface area (Å²) in [5.74, 6) is -0.664. The largest absolute Gasteiger partial charge is 0.479 e. The minimum atomic E-state index is -4.22. The van der Waals surface area contributed by atoms with E-state index in [1.807, 2.05) is 18.2 Å². The lowest BCUT2D eigenvalue weighted by Crippen LogP contribution is -2.47. The van der Waals surface area contributed by atoms with E-state index in [4.69, 9.17) is 33.5 Å². The van der Waals surface area contributed by atoms with Crippen molar-refractivity contribution in [2.24, 2.45) is 0 Å². The normalized spacial score (nSPS) is 29.7. The van der Waals surface area contributed by atoms with Crippen LogP contribution in [0.15, 0.2) is 36.7 Å². The van der Waals surface area contributed by atoms with Crippen LogP contribution in [0.1, 0.15) is 18.7 Å². The Kier molecular flexibility index (Phi) is 6.41. The lowest BCUT2D eigenvalue weighted by molar-refractivity contribution is -0.149. The molecule has 192 valence electrons. The van der Waals surface area contributed by atoms with E-state index in [9.17, 15) is 14.5 Å². The molecule has 2 aliphatic rings. The average molecular weight is 521 g/mol. The van der Waals surface area contributed by atoms with E-state index >= 15 is 0 Å². The van der Waals surface area contributed by atoms with Crippen molar-refractivity contribution in [2.75, 3.05) is 26.1 Å². The second-order valence-electron chi connectivity index (χ2n) is 8.36.